The molecule has 0 aromatic carbocycles. The Kier molecular flexibility index (Phi) is 0.887. The lowest BCUT2D eigenvalue weighted by Gasteiger charge is -1.91. The minimum Gasteiger partial charge on any atom is -0.384 e. The number of aromatic nitrogens is 3. The minimum absolute atomic E-state index is 0.499. The molecule has 50 valence electrons. The van der Waals surface area contributed by atoms with E-state index in [-0.39, 0.29) is 0 Å². The van der Waals surface area contributed by atoms with Gasteiger partial charge in [0.1, 0.15) is 17.8 Å². The van der Waals surface area contributed by atoms with Crippen molar-refractivity contribution in [1.82, 2.24) is 14.4 Å². The first-order valence-electron chi connectivity index (χ1n) is 2.90. The van der Waals surface area contributed by atoms with Crippen molar-refractivity contribution in [3.05, 3.63) is 24.8 Å². The minimum atomic E-state index is 0.499. The summed E-state index contributed by atoms with van der Waals surface area (Å²) in [4.78, 5) is 7.90. The topological polar surface area (TPSA) is 56.2 Å². The van der Waals surface area contributed by atoms with Gasteiger partial charge < -0.3 is 5.73 Å². The summed E-state index contributed by atoms with van der Waals surface area (Å²) < 4.78 is 1.80. The van der Waals surface area contributed by atoms with E-state index in [4.69, 9.17) is 5.73 Å². The van der Waals surface area contributed by atoms with E-state index in [2.05, 4.69) is 9.97 Å². The van der Waals surface area contributed by atoms with Crippen LogP contribution in [0.2, 0.25) is 0 Å². The van der Waals surface area contributed by atoms with Crippen molar-refractivity contribution in [2.45, 2.75) is 0 Å². The number of nitrogens with two attached hydrogens (primary N) is 1. The van der Waals surface area contributed by atoms with Gasteiger partial charge in [-0.2, -0.15) is 0 Å². The van der Waals surface area contributed by atoms with Gasteiger partial charge in [0.15, 0.2) is 0 Å². The van der Waals surface area contributed by atoms with Crippen molar-refractivity contribution in [2.75, 3.05) is 5.73 Å². The lowest BCUT2D eigenvalue weighted by molar-refractivity contribution is 1.09. The first-order chi connectivity index (χ1) is 4.86. The highest BCUT2D eigenvalue weighted by molar-refractivity contribution is 5.46. The standard InChI is InChI=1S/C6H6N4/c7-5-3-6-8-1-2-10(6)4-9-5/h1-4H,7H2. The van der Waals surface area contributed by atoms with Crippen molar-refractivity contribution >= 4 is 11.5 Å². The van der Waals surface area contributed by atoms with Crippen LogP contribution in [0, 0.1) is 0 Å². The lowest BCUT2D eigenvalue weighted by Crippen LogP contribution is -1.92. The van der Waals surface area contributed by atoms with Gasteiger partial charge in [-0.3, -0.25) is 4.40 Å². The third-order valence-corrected chi connectivity index (χ3v) is 1.31. The summed E-state index contributed by atoms with van der Waals surface area (Å²) in [6.45, 7) is 0. The smallest absolute Gasteiger partial charge is 0.141 e. The quantitative estimate of drug-likeness (QED) is 0.564. The fraction of sp³-hybridized carbons (Fsp3) is 0. The Bertz CT molecular complexity index is 351. The molecule has 2 rings (SSSR count). The molecule has 10 heavy (non-hydrogen) atoms. The van der Waals surface area contributed by atoms with Gasteiger partial charge in [0.05, 0.1) is 0 Å². The van der Waals surface area contributed by atoms with E-state index in [1.807, 2.05) is 6.20 Å². The Balaban J connectivity index is 2.86. The van der Waals surface area contributed by atoms with E-state index >= 15 is 0 Å². The van der Waals surface area contributed by atoms with Gasteiger partial charge in [0.25, 0.3) is 0 Å². The molecule has 2 heterocycles. The van der Waals surface area contributed by atoms with Crippen LogP contribution in [0.15, 0.2) is 24.8 Å². The average molecular weight is 134 g/mol. The maximum absolute atomic E-state index is 5.42. The summed E-state index contributed by atoms with van der Waals surface area (Å²) in [7, 11) is 0. The molecule has 0 bridgehead atoms. The molecule has 2 aromatic heterocycles. The zero-order valence-electron chi connectivity index (χ0n) is 5.23. The summed E-state index contributed by atoms with van der Waals surface area (Å²) in [6.07, 6.45) is 5.16. The molecule has 0 unspecified atom stereocenters. The van der Waals surface area contributed by atoms with Gasteiger partial charge in [0.2, 0.25) is 0 Å². The average Bonchev–Trinajstić information content (AvgIpc) is 2.33. The monoisotopic (exact) mass is 134 g/mol. The van der Waals surface area contributed by atoms with Gasteiger partial charge in [0, 0.05) is 18.5 Å². The summed E-state index contributed by atoms with van der Waals surface area (Å²) in [5.74, 6) is 0.499. The Morgan fingerprint density at radius 1 is 1.40 bits per heavy atom. The van der Waals surface area contributed by atoms with E-state index in [0.29, 0.717) is 5.82 Å². The van der Waals surface area contributed by atoms with Crippen molar-refractivity contribution in [2.24, 2.45) is 0 Å². The number of hydrogen-bond donors (Lipinski definition) is 1. The molecule has 0 amide bonds. The molecule has 0 atom stereocenters. The second kappa shape index (κ2) is 1.70. The summed E-state index contributed by atoms with van der Waals surface area (Å²) >= 11 is 0. The molecule has 0 aliphatic rings. The Morgan fingerprint density at radius 2 is 2.30 bits per heavy atom. The zero-order valence-corrected chi connectivity index (χ0v) is 5.23. The normalized spacial score (nSPS) is 10.4. The molecule has 2 N–H and O–H groups in total. The first kappa shape index (κ1) is 5.22. The van der Waals surface area contributed by atoms with Crippen LogP contribution in [0.1, 0.15) is 0 Å². The molecule has 0 fully saturated rings. The van der Waals surface area contributed by atoms with Crippen LogP contribution in [0.5, 0.6) is 0 Å². The number of fused-ring (bicyclic) bond motifs is 1. The zero-order chi connectivity index (χ0) is 6.97. The van der Waals surface area contributed by atoms with Crippen LogP contribution in [0.4, 0.5) is 5.82 Å². The molecule has 4 heteroatoms. The maximum atomic E-state index is 5.42. The fourth-order valence-corrected chi connectivity index (χ4v) is 0.832. The largest absolute Gasteiger partial charge is 0.384 e. The van der Waals surface area contributed by atoms with Crippen LogP contribution < -0.4 is 5.73 Å². The Morgan fingerprint density at radius 3 is 3.20 bits per heavy atom. The highest BCUT2D eigenvalue weighted by atomic mass is 15.0. The van der Waals surface area contributed by atoms with Crippen LogP contribution >= 0.6 is 0 Å². The van der Waals surface area contributed by atoms with E-state index in [9.17, 15) is 0 Å². The number of rotatable bonds is 0. The number of nitrogens with zero attached hydrogens (tertiary/aromatic N) is 3. The van der Waals surface area contributed by atoms with E-state index in [0.717, 1.165) is 5.65 Å². The molecule has 0 spiro atoms. The van der Waals surface area contributed by atoms with Gasteiger partial charge in [-0.05, 0) is 0 Å². The Labute approximate surface area is 57.3 Å². The maximum Gasteiger partial charge on any atom is 0.141 e. The Hall–Kier alpha value is -1.58. The molecule has 0 saturated carbocycles. The molecular formula is C6H6N4. The fourth-order valence-electron chi connectivity index (χ4n) is 0.832. The van der Waals surface area contributed by atoms with Crippen LogP contribution in [0.3, 0.4) is 0 Å². The SMILES string of the molecule is Nc1cc2nccn2cn1. The van der Waals surface area contributed by atoms with Crippen molar-refractivity contribution < 1.29 is 0 Å². The van der Waals surface area contributed by atoms with Crippen molar-refractivity contribution in [1.29, 1.82) is 0 Å². The highest BCUT2D eigenvalue weighted by Gasteiger charge is 1.91. The second-order valence-corrected chi connectivity index (χ2v) is 2.01. The van der Waals surface area contributed by atoms with E-state index < -0.39 is 0 Å². The molecular weight excluding hydrogens is 128 g/mol. The van der Waals surface area contributed by atoms with Crippen LogP contribution in [-0.4, -0.2) is 14.4 Å². The summed E-state index contributed by atoms with van der Waals surface area (Å²) in [5, 5.41) is 0. The first-order valence-corrected chi connectivity index (χ1v) is 2.90. The van der Waals surface area contributed by atoms with Gasteiger partial charge in [-0.15, -0.1) is 0 Å². The third-order valence-electron chi connectivity index (χ3n) is 1.31. The highest BCUT2D eigenvalue weighted by Crippen LogP contribution is 2.01. The lowest BCUT2D eigenvalue weighted by atomic mass is 10.6. The number of hydrogen-bond acceptors (Lipinski definition) is 3. The number of anilines is 1. The van der Waals surface area contributed by atoms with Gasteiger partial charge >= 0.3 is 0 Å². The van der Waals surface area contributed by atoms with Crippen molar-refractivity contribution in [3.8, 4) is 0 Å². The molecule has 0 aliphatic heterocycles. The molecule has 0 radical (unpaired) electrons. The van der Waals surface area contributed by atoms with Crippen LogP contribution in [0.25, 0.3) is 5.65 Å². The van der Waals surface area contributed by atoms with E-state index in [1.54, 1.807) is 23.0 Å². The second-order valence-electron chi connectivity index (χ2n) is 2.01. The summed E-state index contributed by atoms with van der Waals surface area (Å²) in [6, 6.07) is 1.72. The number of nitrogen functional groups attached to an aromatic ring is 1. The summed E-state index contributed by atoms with van der Waals surface area (Å²) in [5.41, 5.74) is 6.25. The van der Waals surface area contributed by atoms with E-state index in [1.165, 1.54) is 0 Å². The molecule has 0 saturated heterocycles. The number of imidazole rings is 1. The predicted octanol–water partition coefficient (Wildman–Crippen LogP) is 0.311. The predicted molar refractivity (Wildman–Crippen MR) is 37.4 cm³/mol. The molecule has 0 aliphatic carbocycles. The van der Waals surface area contributed by atoms with Crippen molar-refractivity contribution in [3.63, 3.8) is 0 Å². The van der Waals surface area contributed by atoms with Gasteiger partial charge in [-0.25, -0.2) is 9.97 Å². The van der Waals surface area contributed by atoms with Gasteiger partial charge in [-0.1, -0.05) is 0 Å². The molecule has 2 aromatic rings. The third kappa shape index (κ3) is 0.621. The van der Waals surface area contributed by atoms with Crippen LogP contribution in [-0.2, 0) is 0 Å². The molecule has 4 nitrogen and oxygen atoms in total.